The summed E-state index contributed by atoms with van der Waals surface area (Å²) < 4.78 is 29.5. The number of ether oxygens (including phenoxy) is 1. The van der Waals surface area contributed by atoms with Crippen LogP contribution in [-0.4, -0.2) is 18.2 Å². The smallest absolute Gasteiger partial charge is 0.339 e. The molecule has 76 valence electrons. The van der Waals surface area contributed by atoms with E-state index in [0.717, 1.165) is 19.2 Å². The Hall–Kier alpha value is -1.49. The van der Waals surface area contributed by atoms with Crippen LogP contribution in [0.15, 0.2) is 18.2 Å². The van der Waals surface area contributed by atoms with Crippen LogP contribution in [0.4, 0.5) is 8.78 Å². The molecule has 14 heavy (non-hydrogen) atoms. The molecule has 1 aromatic rings. The first kappa shape index (κ1) is 10.6. The number of rotatable bonds is 2. The monoisotopic (exact) mass is 202 g/mol. The molecule has 0 aliphatic rings. The van der Waals surface area contributed by atoms with Gasteiger partial charge >= 0.3 is 5.97 Å². The molecule has 1 atom stereocenters. The van der Waals surface area contributed by atoms with E-state index in [0.29, 0.717) is 6.07 Å². The van der Waals surface area contributed by atoms with Crippen molar-refractivity contribution in [2.75, 3.05) is 7.11 Å². The molecule has 0 radical (unpaired) electrons. The van der Waals surface area contributed by atoms with Crippen molar-refractivity contribution in [1.29, 1.82) is 0 Å². The second-order valence-corrected chi connectivity index (χ2v) is 2.63. The highest BCUT2D eigenvalue weighted by molar-refractivity contribution is 5.76. The molecule has 0 heterocycles. The lowest BCUT2D eigenvalue weighted by atomic mass is 10.1. The van der Waals surface area contributed by atoms with Gasteiger partial charge in [0.25, 0.3) is 0 Å². The number of hydrogen-bond donors (Lipinski definition) is 1. The van der Waals surface area contributed by atoms with Crippen molar-refractivity contribution in [3.05, 3.63) is 35.4 Å². The van der Waals surface area contributed by atoms with Gasteiger partial charge in [-0.15, -0.1) is 0 Å². The van der Waals surface area contributed by atoms with E-state index in [4.69, 9.17) is 0 Å². The van der Waals surface area contributed by atoms with Gasteiger partial charge in [-0.05, 0) is 17.7 Å². The standard InChI is InChI=1S/C9H8F2O3/c1-14-9(13)8(12)5-2-6(10)4-7(11)3-5/h2-4,8,12H,1H3/t8-/m0/s1. The minimum absolute atomic E-state index is 0.172. The summed E-state index contributed by atoms with van der Waals surface area (Å²) >= 11 is 0. The molecule has 5 heteroatoms. The van der Waals surface area contributed by atoms with E-state index in [1.807, 2.05) is 0 Å². The van der Waals surface area contributed by atoms with Gasteiger partial charge in [0, 0.05) is 6.07 Å². The number of benzene rings is 1. The zero-order valence-corrected chi connectivity index (χ0v) is 7.33. The van der Waals surface area contributed by atoms with E-state index < -0.39 is 23.7 Å². The van der Waals surface area contributed by atoms with Crippen molar-refractivity contribution in [2.45, 2.75) is 6.10 Å². The third-order valence-corrected chi connectivity index (χ3v) is 1.63. The second-order valence-electron chi connectivity index (χ2n) is 2.63. The summed E-state index contributed by atoms with van der Waals surface area (Å²) in [7, 11) is 1.07. The lowest BCUT2D eigenvalue weighted by Crippen LogP contribution is -2.13. The molecule has 0 saturated heterocycles. The van der Waals surface area contributed by atoms with Gasteiger partial charge in [-0.2, -0.15) is 0 Å². The van der Waals surface area contributed by atoms with Gasteiger partial charge in [-0.3, -0.25) is 0 Å². The lowest BCUT2D eigenvalue weighted by molar-refractivity contribution is -0.150. The van der Waals surface area contributed by atoms with E-state index in [2.05, 4.69) is 4.74 Å². The molecule has 0 aromatic heterocycles. The fraction of sp³-hybridized carbons (Fsp3) is 0.222. The van der Waals surface area contributed by atoms with Crippen LogP contribution in [0.2, 0.25) is 0 Å². The molecule has 0 aliphatic carbocycles. The van der Waals surface area contributed by atoms with Crippen molar-refractivity contribution in [3.63, 3.8) is 0 Å². The van der Waals surface area contributed by atoms with E-state index in [-0.39, 0.29) is 5.56 Å². The van der Waals surface area contributed by atoms with E-state index in [1.165, 1.54) is 0 Å². The third kappa shape index (κ3) is 2.26. The molecule has 0 fully saturated rings. The number of halogens is 2. The van der Waals surface area contributed by atoms with Crippen LogP contribution >= 0.6 is 0 Å². The van der Waals surface area contributed by atoms with Crippen LogP contribution in [0.25, 0.3) is 0 Å². The number of aliphatic hydroxyl groups excluding tert-OH is 1. The quantitative estimate of drug-likeness (QED) is 0.732. The van der Waals surface area contributed by atoms with E-state index in [9.17, 15) is 18.7 Å². The predicted octanol–water partition coefficient (Wildman–Crippen LogP) is 1.17. The molecule has 3 nitrogen and oxygen atoms in total. The Kier molecular flexibility index (Phi) is 3.14. The fourth-order valence-corrected chi connectivity index (χ4v) is 0.981. The maximum absolute atomic E-state index is 12.7. The number of aliphatic hydroxyl groups is 1. The van der Waals surface area contributed by atoms with Gasteiger partial charge in [-0.1, -0.05) is 0 Å². The van der Waals surface area contributed by atoms with Crippen molar-refractivity contribution in [2.24, 2.45) is 0 Å². The van der Waals surface area contributed by atoms with Gasteiger partial charge in [0.15, 0.2) is 6.10 Å². The summed E-state index contributed by atoms with van der Waals surface area (Å²) in [6.45, 7) is 0. The fourth-order valence-electron chi connectivity index (χ4n) is 0.981. The van der Waals surface area contributed by atoms with Crippen LogP contribution in [-0.2, 0) is 9.53 Å². The zero-order chi connectivity index (χ0) is 10.7. The SMILES string of the molecule is COC(=O)[C@@H](O)c1cc(F)cc(F)c1. The van der Waals surface area contributed by atoms with Crippen molar-refractivity contribution in [1.82, 2.24) is 0 Å². The average Bonchev–Trinajstić information content (AvgIpc) is 2.14. The highest BCUT2D eigenvalue weighted by Crippen LogP contribution is 2.17. The van der Waals surface area contributed by atoms with Crippen LogP contribution in [0, 0.1) is 11.6 Å². The van der Waals surface area contributed by atoms with Crippen LogP contribution in [0.3, 0.4) is 0 Å². The molecule has 1 aromatic carbocycles. The van der Waals surface area contributed by atoms with E-state index in [1.54, 1.807) is 0 Å². The molecule has 1 N–H and O–H groups in total. The van der Waals surface area contributed by atoms with Crippen molar-refractivity contribution < 1.29 is 23.4 Å². The maximum Gasteiger partial charge on any atom is 0.339 e. The number of carbonyl (C=O) groups excluding carboxylic acids is 1. The average molecular weight is 202 g/mol. The largest absolute Gasteiger partial charge is 0.467 e. The predicted molar refractivity (Wildman–Crippen MR) is 43.3 cm³/mol. The van der Waals surface area contributed by atoms with Gasteiger partial charge < -0.3 is 9.84 Å². The Balaban J connectivity index is 3.00. The summed E-state index contributed by atoms with van der Waals surface area (Å²) in [5.74, 6) is -2.68. The highest BCUT2D eigenvalue weighted by Gasteiger charge is 2.19. The van der Waals surface area contributed by atoms with E-state index >= 15 is 0 Å². The minimum Gasteiger partial charge on any atom is -0.467 e. The molecule has 0 bridgehead atoms. The molecular weight excluding hydrogens is 194 g/mol. The Bertz CT molecular complexity index is 332. The maximum atomic E-state index is 12.7. The normalized spacial score (nSPS) is 12.3. The molecule has 0 amide bonds. The Morgan fingerprint density at radius 1 is 1.36 bits per heavy atom. The first-order valence-electron chi connectivity index (χ1n) is 3.76. The van der Waals surface area contributed by atoms with Crippen molar-refractivity contribution >= 4 is 5.97 Å². The van der Waals surface area contributed by atoms with Crippen LogP contribution in [0.1, 0.15) is 11.7 Å². The van der Waals surface area contributed by atoms with Gasteiger partial charge in [0.05, 0.1) is 7.11 Å². The molecule has 0 spiro atoms. The first-order chi connectivity index (χ1) is 6.54. The number of methoxy groups -OCH3 is 1. The minimum atomic E-state index is -1.66. The van der Waals surface area contributed by atoms with Crippen LogP contribution < -0.4 is 0 Å². The molecular formula is C9H8F2O3. The highest BCUT2D eigenvalue weighted by atomic mass is 19.1. The second kappa shape index (κ2) is 4.15. The number of carbonyl (C=O) groups is 1. The Labute approximate surface area is 78.9 Å². The van der Waals surface area contributed by atoms with Gasteiger partial charge in [-0.25, -0.2) is 13.6 Å². The Morgan fingerprint density at radius 2 is 1.86 bits per heavy atom. The first-order valence-corrected chi connectivity index (χ1v) is 3.76. The summed E-state index contributed by atoms with van der Waals surface area (Å²) in [5.41, 5.74) is -0.172. The summed E-state index contributed by atoms with van der Waals surface area (Å²) in [4.78, 5) is 10.8. The summed E-state index contributed by atoms with van der Waals surface area (Å²) in [6.07, 6.45) is -1.66. The van der Waals surface area contributed by atoms with Crippen molar-refractivity contribution in [3.8, 4) is 0 Å². The van der Waals surface area contributed by atoms with Gasteiger partial charge in [0.2, 0.25) is 0 Å². The number of hydrogen-bond acceptors (Lipinski definition) is 3. The Morgan fingerprint density at radius 3 is 2.29 bits per heavy atom. The lowest BCUT2D eigenvalue weighted by Gasteiger charge is -2.08. The third-order valence-electron chi connectivity index (χ3n) is 1.63. The number of esters is 1. The van der Waals surface area contributed by atoms with Crippen LogP contribution in [0.5, 0.6) is 0 Å². The molecule has 0 unspecified atom stereocenters. The zero-order valence-electron chi connectivity index (χ0n) is 7.33. The summed E-state index contributed by atoms with van der Waals surface area (Å²) in [5, 5.41) is 9.23. The molecule has 0 saturated carbocycles. The molecule has 0 aliphatic heterocycles. The molecule has 1 rings (SSSR count). The summed E-state index contributed by atoms with van der Waals surface area (Å²) in [6, 6.07) is 2.38. The topological polar surface area (TPSA) is 46.5 Å². The van der Waals surface area contributed by atoms with Gasteiger partial charge in [0.1, 0.15) is 11.6 Å².